The van der Waals surface area contributed by atoms with Gasteiger partial charge >= 0.3 is 0 Å². The number of fused-ring (bicyclic) bond motifs is 2. The first-order chi connectivity index (χ1) is 11.0. The molecule has 2 heterocycles. The maximum atomic E-state index is 12.7. The third-order valence-corrected chi connectivity index (χ3v) is 6.82. The summed E-state index contributed by atoms with van der Waals surface area (Å²) in [6.07, 6.45) is 2.94. The topological polar surface area (TPSA) is 61.4 Å². The number of phenolic OH excluding ortho intramolecular Hbond substituents is 1. The Morgan fingerprint density at radius 3 is 3.04 bits per heavy atom. The van der Waals surface area contributed by atoms with E-state index in [1.807, 2.05) is 17.8 Å². The number of halogens is 1. The van der Waals surface area contributed by atoms with E-state index in [-0.39, 0.29) is 29.1 Å². The Bertz CT molecular complexity index is 706. The van der Waals surface area contributed by atoms with E-state index in [0.29, 0.717) is 11.5 Å². The minimum atomic E-state index is -0.354. The van der Waals surface area contributed by atoms with E-state index < -0.39 is 0 Å². The van der Waals surface area contributed by atoms with Crippen molar-refractivity contribution in [2.24, 2.45) is 11.8 Å². The number of rotatable bonds is 1. The van der Waals surface area contributed by atoms with Crippen molar-refractivity contribution in [3.8, 4) is 5.75 Å². The minimum Gasteiger partial charge on any atom is -0.508 e. The van der Waals surface area contributed by atoms with Gasteiger partial charge in [-0.2, -0.15) is 0 Å². The maximum absolute atomic E-state index is 12.7. The number of hydrogen-bond donors (Lipinski definition) is 3. The Morgan fingerprint density at radius 2 is 2.22 bits per heavy atom. The lowest BCUT2D eigenvalue weighted by Gasteiger charge is -2.35. The van der Waals surface area contributed by atoms with Gasteiger partial charge in [0.05, 0.1) is 11.3 Å². The zero-order valence-electron chi connectivity index (χ0n) is 12.8. The van der Waals surface area contributed by atoms with E-state index in [2.05, 4.69) is 33.5 Å². The van der Waals surface area contributed by atoms with Crippen LogP contribution in [0.5, 0.6) is 5.75 Å². The second-order valence-electron chi connectivity index (χ2n) is 6.62. The third kappa shape index (κ3) is 2.71. The van der Waals surface area contributed by atoms with Crippen LogP contribution in [0.2, 0.25) is 0 Å². The summed E-state index contributed by atoms with van der Waals surface area (Å²) in [5.41, 5.74) is 2.03. The number of amides is 1. The molecule has 3 aliphatic rings. The van der Waals surface area contributed by atoms with Crippen molar-refractivity contribution in [3.63, 3.8) is 0 Å². The number of benzene rings is 1. The van der Waals surface area contributed by atoms with Gasteiger partial charge in [-0.15, -0.1) is 11.8 Å². The molecule has 1 fully saturated rings. The Balaban J connectivity index is 1.60. The summed E-state index contributed by atoms with van der Waals surface area (Å²) in [4.78, 5) is 14.1. The predicted molar refractivity (Wildman–Crippen MR) is 94.7 cm³/mol. The fourth-order valence-electron chi connectivity index (χ4n) is 3.74. The molecular formula is C17H19BrN2O2S. The molecule has 1 aliphatic carbocycles. The number of hydrogen-bond acceptors (Lipinski definition) is 4. The summed E-state index contributed by atoms with van der Waals surface area (Å²) in [7, 11) is 0. The third-order valence-electron chi connectivity index (χ3n) is 4.95. The molecule has 1 aromatic rings. The van der Waals surface area contributed by atoms with Gasteiger partial charge in [0.2, 0.25) is 5.91 Å². The number of phenols is 1. The van der Waals surface area contributed by atoms with E-state index >= 15 is 0 Å². The van der Waals surface area contributed by atoms with Crippen molar-refractivity contribution in [2.75, 3.05) is 0 Å². The van der Waals surface area contributed by atoms with Gasteiger partial charge in [0.1, 0.15) is 11.9 Å². The van der Waals surface area contributed by atoms with Crippen LogP contribution in [-0.4, -0.2) is 16.4 Å². The first-order valence-corrected chi connectivity index (χ1v) is 9.63. The monoisotopic (exact) mass is 394 g/mol. The van der Waals surface area contributed by atoms with Crippen molar-refractivity contribution >= 4 is 33.6 Å². The van der Waals surface area contributed by atoms with Crippen LogP contribution in [0.1, 0.15) is 37.9 Å². The highest BCUT2D eigenvalue weighted by Gasteiger charge is 2.46. The molecule has 4 atom stereocenters. The fraction of sp³-hybridized carbons (Fsp3) is 0.471. The van der Waals surface area contributed by atoms with Gasteiger partial charge < -0.3 is 10.4 Å². The van der Waals surface area contributed by atoms with E-state index in [4.69, 9.17) is 0 Å². The zero-order valence-corrected chi connectivity index (χ0v) is 15.2. The molecule has 1 saturated heterocycles. The SMILES string of the molecule is CC1CCC2=C(C1)SC1NC(c3cc(Br)ccc3O)NC(=O)C21. The fourth-order valence-corrected chi connectivity index (χ4v) is 5.81. The van der Waals surface area contributed by atoms with Crippen LogP contribution in [0.15, 0.2) is 33.2 Å². The number of carbonyl (C=O) groups excluding carboxylic acids is 1. The maximum Gasteiger partial charge on any atom is 0.231 e. The molecule has 1 amide bonds. The second kappa shape index (κ2) is 5.83. The standard InChI is InChI=1S/C17H19BrN2O2S/c1-8-2-4-10-13(6-8)23-17-14(10)16(22)19-15(20-17)11-7-9(18)3-5-12(11)21/h3,5,7-8,14-15,17,20-21H,2,4,6H2,1H3,(H,19,22). The van der Waals surface area contributed by atoms with Crippen LogP contribution < -0.4 is 10.6 Å². The van der Waals surface area contributed by atoms with Crippen molar-refractivity contribution in [1.82, 2.24) is 10.6 Å². The molecule has 0 saturated carbocycles. The van der Waals surface area contributed by atoms with Gasteiger partial charge in [0.15, 0.2) is 0 Å². The van der Waals surface area contributed by atoms with Crippen LogP contribution in [0.4, 0.5) is 0 Å². The quantitative estimate of drug-likeness (QED) is 0.680. The number of carbonyl (C=O) groups is 1. The Kier molecular flexibility index (Phi) is 3.94. The highest BCUT2D eigenvalue weighted by atomic mass is 79.9. The van der Waals surface area contributed by atoms with E-state index in [1.54, 1.807) is 12.1 Å². The molecule has 4 nitrogen and oxygen atoms in total. The molecular weight excluding hydrogens is 376 g/mol. The largest absolute Gasteiger partial charge is 0.508 e. The van der Waals surface area contributed by atoms with E-state index in [9.17, 15) is 9.90 Å². The van der Waals surface area contributed by atoms with E-state index in [0.717, 1.165) is 17.3 Å². The molecule has 1 aromatic carbocycles. The number of aromatic hydroxyl groups is 1. The average molecular weight is 395 g/mol. The molecule has 2 aliphatic heterocycles. The molecule has 3 N–H and O–H groups in total. The summed E-state index contributed by atoms with van der Waals surface area (Å²) in [5, 5.41) is 16.7. The average Bonchev–Trinajstić information content (AvgIpc) is 2.87. The lowest BCUT2D eigenvalue weighted by Crippen LogP contribution is -2.54. The number of thioether (sulfide) groups is 1. The van der Waals surface area contributed by atoms with Crippen molar-refractivity contribution < 1.29 is 9.90 Å². The summed E-state index contributed by atoms with van der Waals surface area (Å²) >= 11 is 5.23. The predicted octanol–water partition coefficient (Wildman–Crippen LogP) is 3.64. The van der Waals surface area contributed by atoms with Gasteiger partial charge in [-0.3, -0.25) is 10.1 Å². The van der Waals surface area contributed by atoms with Crippen LogP contribution in [0.25, 0.3) is 0 Å². The van der Waals surface area contributed by atoms with Crippen molar-refractivity contribution in [2.45, 2.75) is 37.7 Å². The first kappa shape index (κ1) is 15.5. The first-order valence-electron chi connectivity index (χ1n) is 7.96. The van der Waals surface area contributed by atoms with Gasteiger partial charge in [-0.1, -0.05) is 22.9 Å². The summed E-state index contributed by atoms with van der Waals surface area (Å²) < 4.78 is 0.883. The van der Waals surface area contributed by atoms with Crippen LogP contribution in [0, 0.1) is 11.8 Å². The highest BCUT2D eigenvalue weighted by molar-refractivity contribution is 9.10. The Hall–Kier alpha value is -0.980. The Labute approximate surface area is 148 Å². The Morgan fingerprint density at radius 1 is 1.39 bits per heavy atom. The van der Waals surface area contributed by atoms with Crippen LogP contribution in [-0.2, 0) is 4.79 Å². The van der Waals surface area contributed by atoms with Crippen LogP contribution in [0.3, 0.4) is 0 Å². The number of allylic oxidation sites excluding steroid dienone is 1. The smallest absolute Gasteiger partial charge is 0.231 e. The van der Waals surface area contributed by atoms with Crippen molar-refractivity contribution in [1.29, 1.82) is 0 Å². The zero-order chi connectivity index (χ0) is 16.1. The molecule has 0 radical (unpaired) electrons. The van der Waals surface area contributed by atoms with Crippen LogP contribution >= 0.6 is 27.7 Å². The van der Waals surface area contributed by atoms with Gasteiger partial charge in [-0.25, -0.2) is 0 Å². The molecule has 122 valence electrons. The van der Waals surface area contributed by atoms with Gasteiger partial charge in [0.25, 0.3) is 0 Å². The summed E-state index contributed by atoms with van der Waals surface area (Å²) in [5.74, 6) is 0.909. The lowest BCUT2D eigenvalue weighted by atomic mass is 9.83. The molecule has 0 bridgehead atoms. The minimum absolute atomic E-state index is 0.0620. The normalized spacial score (nSPS) is 33.2. The van der Waals surface area contributed by atoms with E-state index in [1.165, 1.54) is 16.9 Å². The molecule has 6 heteroatoms. The van der Waals surface area contributed by atoms with Gasteiger partial charge in [-0.05, 0) is 53.9 Å². The molecule has 0 spiro atoms. The second-order valence-corrected chi connectivity index (χ2v) is 8.78. The molecule has 23 heavy (non-hydrogen) atoms. The lowest BCUT2D eigenvalue weighted by molar-refractivity contribution is -0.127. The summed E-state index contributed by atoms with van der Waals surface area (Å²) in [6.45, 7) is 2.28. The van der Waals surface area contributed by atoms with Crippen molar-refractivity contribution in [3.05, 3.63) is 38.7 Å². The summed E-state index contributed by atoms with van der Waals surface area (Å²) in [6, 6.07) is 5.28. The molecule has 4 rings (SSSR count). The highest BCUT2D eigenvalue weighted by Crippen LogP contribution is 2.51. The molecule has 0 aromatic heterocycles. The molecule has 4 unspecified atom stereocenters. The van der Waals surface area contributed by atoms with Gasteiger partial charge in [0, 0.05) is 10.0 Å². The number of nitrogens with one attached hydrogen (secondary N) is 2.